The summed E-state index contributed by atoms with van der Waals surface area (Å²) in [7, 11) is 0. The normalized spacial score (nSPS) is 21.7. The highest BCUT2D eigenvalue weighted by molar-refractivity contribution is 6.30. The first-order valence-electron chi connectivity index (χ1n) is 10.5. The van der Waals surface area contributed by atoms with E-state index in [1.54, 1.807) is 0 Å². The van der Waals surface area contributed by atoms with E-state index in [1.165, 1.54) is 0 Å². The molecule has 1 aliphatic heterocycles. The van der Waals surface area contributed by atoms with E-state index in [2.05, 4.69) is 9.98 Å². The number of halogens is 5. The summed E-state index contributed by atoms with van der Waals surface area (Å²) in [4.78, 5) is 19.4. The Kier molecular flexibility index (Phi) is 4.46. The molecule has 0 spiro atoms. The van der Waals surface area contributed by atoms with Crippen LogP contribution >= 0.6 is 11.6 Å². The van der Waals surface area contributed by atoms with Crippen molar-refractivity contribution >= 4 is 29.2 Å². The van der Waals surface area contributed by atoms with Gasteiger partial charge in [0, 0.05) is 33.2 Å². The zero-order valence-electron chi connectivity index (χ0n) is 19.7. The van der Waals surface area contributed by atoms with Gasteiger partial charge >= 0.3 is 6.09 Å². The number of aliphatic imine (C=N–C) groups is 1. The van der Waals surface area contributed by atoms with Gasteiger partial charge in [-0.15, -0.1) is 0 Å². The van der Waals surface area contributed by atoms with Gasteiger partial charge in [0.05, 0.1) is 14.4 Å². The van der Waals surface area contributed by atoms with E-state index >= 15 is 0 Å². The average molecular weight is 452 g/mol. The lowest BCUT2D eigenvalue weighted by atomic mass is 9.89. The maximum absolute atomic E-state index is 14.5. The van der Waals surface area contributed by atoms with Crippen molar-refractivity contribution in [2.75, 3.05) is 18.5 Å². The molecule has 160 valence electrons. The van der Waals surface area contributed by atoms with Gasteiger partial charge in [-0.25, -0.2) is 27.3 Å². The molecular weight excluding hydrogens is 432 g/mol. The molecule has 7 nitrogen and oxygen atoms in total. The molecule has 0 bridgehead atoms. The molecule has 3 rings (SSSR count). The SMILES string of the molecule is [2H]c1nc(OC(=O)Nc2cc(F)c(F)c(C3(C(F)F)COCC(N)=N3)c2)c(C([2H])([2H])[2H])c([2H])c1Cl. The standard InChI is InChI=1S/C18H15ClF4N4O3/c1-8-2-9(19)5-25-15(8)30-17(28)26-10-3-11(14(21)12(20)4-10)18(16(22)23)7-29-6-13(24)27-18/h2-5,16H,6-7H2,1H3,(H2,24,27)(H,26,28)/i1D3,2D,5D. The number of carbonyl (C=O) groups is 1. The second-order valence-corrected chi connectivity index (χ2v) is 6.38. The number of anilines is 1. The summed E-state index contributed by atoms with van der Waals surface area (Å²) in [5.74, 6) is -4.68. The van der Waals surface area contributed by atoms with Gasteiger partial charge in [-0.1, -0.05) is 11.6 Å². The van der Waals surface area contributed by atoms with E-state index in [-0.39, 0.29) is 6.61 Å². The van der Waals surface area contributed by atoms with E-state index in [9.17, 15) is 22.4 Å². The van der Waals surface area contributed by atoms with Crippen LogP contribution in [-0.2, 0) is 10.3 Å². The third kappa shape index (κ3) is 4.31. The molecule has 1 unspecified atom stereocenters. The van der Waals surface area contributed by atoms with Crippen molar-refractivity contribution in [1.29, 1.82) is 0 Å². The number of pyridine rings is 1. The highest BCUT2D eigenvalue weighted by atomic mass is 35.5. The Morgan fingerprint density at radius 1 is 1.50 bits per heavy atom. The first-order chi connectivity index (χ1) is 16.2. The lowest BCUT2D eigenvalue weighted by Gasteiger charge is -2.33. The van der Waals surface area contributed by atoms with Crippen LogP contribution in [0.5, 0.6) is 5.88 Å². The number of nitrogens with one attached hydrogen (secondary N) is 1. The summed E-state index contributed by atoms with van der Waals surface area (Å²) in [5, 5.41) is 1.31. The molecule has 0 aliphatic carbocycles. The highest BCUT2D eigenvalue weighted by Gasteiger charge is 2.47. The van der Waals surface area contributed by atoms with Crippen molar-refractivity contribution in [2.24, 2.45) is 10.7 Å². The van der Waals surface area contributed by atoms with Crippen molar-refractivity contribution < 1.29 is 38.7 Å². The number of nitrogens with two attached hydrogens (primary N) is 1. The topological polar surface area (TPSA) is 98.8 Å². The molecule has 1 aromatic heterocycles. The lowest BCUT2D eigenvalue weighted by molar-refractivity contribution is -0.0148. The molecule has 2 aromatic rings. The molecule has 1 amide bonds. The fourth-order valence-electron chi connectivity index (χ4n) is 2.63. The second kappa shape index (κ2) is 8.44. The van der Waals surface area contributed by atoms with Crippen LogP contribution in [0.2, 0.25) is 5.02 Å². The summed E-state index contributed by atoms with van der Waals surface area (Å²) in [5.41, 5.74) is 0.309. The minimum atomic E-state index is -3.39. The second-order valence-electron chi connectivity index (χ2n) is 6.00. The first-order valence-corrected chi connectivity index (χ1v) is 8.40. The van der Waals surface area contributed by atoms with Crippen LogP contribution in [0.3, 0.4) is 0 Å². The van der Waals surface area contributed by atoms with Gasteiger partial charge in [-0.3, -0.25) is 10.3 Å². The molecule has 1 aliphatic rings. The van der Waals surface area contributed by atoms with Gasteiger partial charge in [0.2, 0.25) is 5.88 Å². The number of aromatic nitrogens is 1. The summed E-state index contributed by atoms with van der Waals surface area (Å²) in [6.45, 7) is -4.18. The predicted molar refractivity (Wildman–Crippen MR) is 100 cm³/mol. The number of benzene rings is 1. The van der Waals surface area contributed by atoms with Crippen molar-refractivity contribution in [1.82, 2.24) is 4.98 Å². The zero-order chi connectivity index (χ0) is 26.3. The fourth-order valence-corrected chi connectivity index (χ4v) is 2.76. The third-order valence-electron chi connectivity index (χ3n) is 3.91. The number of ether oxygens (including phenoxy) is 2. The van der Waals surface area contributed by atoms with E-state index in [1.807, 2.05) is 5.32 Å². The largest absolute Gasteiger partial charge is 0.418 e. The maximum Gasteiger partial charge on any atom is 0.418 e. The first kappa shape index (κ1) is 15.9. The molecule has 1 aromatic carbocycles. The quantitative estimate of drug-likeness (QED) is 0.689. The summed E-state index contributed by atoms with van der Waals surface area (Å²) in [6.07, 6.45) is -5.67. The van der Waals surface area contributed by atoms with Crippen molar-refractivity contribution in [3.8, 4) is 5.88 Å². The minimum Gasteiger partial charge on any atom is -0.391 e. The molecule has 30 heavy (non-hydrogen) atoms. The van der Waals surface area contributed by atoms with Crippen LogP contribution in [0.25, 0.3) is 0 Å². The average Bonchev–Trinajstić information content (AvgIpc) is 2.73. The number of amides is 1. The number of hydrogen-bond acceptors (Lipinski definition) is 6. The van der Waals surface area contributed by atoms with E-state index < -0.39 is 88.9 Å². The molecule has 0 radical (unpaired) electrons. The Bertz CT molecular complexity index is 1220. The van der Waals surface area contributed by atoms with Gasteiger partial charge in [0.1, 0.15) is 12.4 Å². The van der Waals surface area contributed by atoms with E-state index in [0.717, 1.165) is 0 Å². The number of nitrogens with zero attached hydrogens (tertiary/aromatic N) is 2. The molecular formula is C18H15ClF4N4O3. The van der Waals surface area contributed by atoms with Crippen LogP contribution < -0.4 is 15.8 Å². The Balaban J connectivity index is 1.99. The zero-order valence-corrected chi connectivity index (χ0v) is 15.5. The molecule has 0 saturated carbocycles. The number of hydrogen-bond donors (Lipinski definition) is 2. The fraction of sp³-hybridized carbons (Fsp3) is 0.278. The van der Waals surface area contributed by atoms with Gasteiger partial charge in [0.25, 0.3) is 6.43 Å². The lowest BCUT2D eigenvalue weighted by Crippen LogP contribution is -2.45. The summed E-state index contributed by atoms with van der Waals surface area (Å²) < 4.78 is 104. The number of amidine groups is 1. The third-order valence-corrected chi connectivity index (χ3v) is 4.09. The Morgan fingerprint density at radius 2 is 2.27 bits per heavy atom. The maximum atomic E-state index is 14.5. The van der Waals surface area contributed by atoms with Crippen LogP contribution in [0.1, 0.15) is 18.0 Å². The minimum absolute atomic E-state index is 0.307. The molecule has 0 saturated heterocycles. The smallest absolute Gasteiger partial charge is 0.391 e. The molecule has 12 heteroatoms. The van der Waals surface area contributed by atoms with Crippen molar-refractivity contribution in [3.05, 3.63) is 52.1 Å². The molecule has 3 N–H and O–H groups in total. The summed E-state index contributed by atoms with van der Waals surface area (Å²) >= 11 is 5.69. The number of alkyl halides is 2. The van der Waals surface area contributed by atoms with Crippen LogP contribution in [0, 0.1) is 18.5 Å². The molecule has 0 fully saturated rings. The Hall–Kier alpha value is -2.92. The monoisotopic (exact) mass is 451 g/mol. The van der Waals surface area contributed by atoms with Gasteiger partial charge in [-0.05, 0) is 19.0 Å². The molecule has 2 heterocycles. The van der Waals surface area contributed by atoms with Gasteiger partial charge < -0.3 is 15.2 Å². The highest BCUT2D eigenvalue weighted by Crippen LogP contribution is 2.38. The van der Waals surface area contributed by atoms with Crippen LogP contribution in [0.4, 0.5) is 28.0 Å². The predicted octanol–water partition coefficient (Wildman–Crippen LogP) is 3.78. The summed E-state index contributed by atoms with van der Waals surface area (Å²) in [6, 6.07) is 0.265. The van der Waals surface area contributed by atoms with Crippen molar-refractivity contribution in [3.63, 3.8) is 0 Å². The van der Waals surface area contributed by atoms with E-state index in [4.69, 9.17) is 33.7 Å². The molecule has 1 atom stereocenters. The van der Waals surface area contributed by atoms with Crippen molar-refractivity contribution in [2.45, 2.75) is 18.8 Å². The van der Waals surface area contributed by atoms with Crippen LogP contribution in [-0.4, -0.2) is 36.6 Å². The number of carbonyl (C=O) groups excluding carboxylic acids is 1. The van der Waals surface area contributed by atoms with Gasteiger partial charge in [0.15, 0.2) is 17.2 Å². The Labute approximate surface area is 179 Å². The Morgan fingerprint density at radius 3 is 2.93 bits per heavy atom. The van der Waals surface area contributed by atoms with Crippen LogP contribution in [0.15, 0.2) is 29.3 Å². The van der Waals surface area contributed by atoms with E-state index in [0.29, 0.717) is 12.1 Å². The number of rotatable bonds is 4. The van der Waals surface area contributed by atoms with Gasteiger partial charge in [-0.2, -0.15) is 0 Å².